The monoisotopic (exact) mass is 473 g/mol. The van der Waals surface area contributed by atoms with E-state index in [0.29, 0.717) is 27.1 Å². The molecule has 7 nitrogen and oxygen atoms in total. The van der Waals surface area contributed by atoms with E-state index in [1.165, 1.54) is 17.4 Å². The van der Waals surface area contributed by atoms with Crippen LogP contribution in [-0.2, 0) is 13.1 Å². The molecule has 2 aromatic heterocycles. The maximum absolute atomic E-state index is 11.4. The summed E-state index contributed by atoms with van der Waals surface area (Å²) in [5, 5.41) is 14.5. The van der Waals surface area contributed by atoms with E-state index in [0.717, 1.165) is 24.2 Å². The van der Waals surface area contributed by atoms with Crippen molar-refractivity contribution >= 4 is 45.9 Å². The largest absolute Gasteiger partial charge is 0.337 e. The van der Waals surface area contributed by atoms with Gasteiger partial charge in [-0.15, -0.1) is 11.3 Å². The lowest BCUT2D eigenvalue weighted by atomic mass is 10.1. The molecule has 158 valence electrons. The fraction of sp³-hybridized carbons (Fsp3) is 0.143. The van der Waals surface area contributed by atoms with Gasteiger partial charge in [0.1, 0.15) is 5.69 Å². The molecule has 0 spiro atoms. The molecule has 2 aromatic carbocycles. The van der Waals surface area contributed by atoms with Crippen LogP contribution in [0.15, 0.2) is 71.6 Å². The zero-order valence-electron chi connectivity index (χ0n) is 16.2. The average Bonchev–Trinajstić information content (AvgIpc) is 3.39. The van der Waals surface area contributed by atoms with Gasteiger partial charge in [-0.3, -0.25) is 10.1 Å². The Morgan fingerprint density at radius 2 is 2.00 bits per heavy atom. The first-order valence-corrected chi connectivity index (χ1v) is 11.0. The third kappa shape index (κ3) is 4.87. The third-order valence-electron chi connectivity index (χ3n) is 4.66. The van der Waals surface area contributed by atoms with E-state index < -0.39 is 4.92 Å². The second-order valence-electron chi connectivity index (χ2n) is 6.69. The normalized spacial score (nSPS) is 11.7. The Morgan fingerprint density at radius 3 is 2.74 bits per heavy atom. The topological polar surface area (TPSA) is 78.2 Å². The van der Waals surface area contributed by atoms with Gasteiger partial charge in [-0.2, -0.15) is 0 Å². The fourth-order valence-corrected chi connectivity index (χ4v) is 4.64. The molecule has 0 radical (unpaired) electrons. The Bertz CT molecular complexity index is 1280. The minimum Gasteiger partial charge on any atom is -0.337 e. The first-order valence-electron chi connectivity index (χ1n) is 9.40. The van der Waals surface area contributed by atoms with Gasteiger partial charge in [0.25, 0.3) is 5.69 Å². The van der Waals surface area contributed by atoms with Crippen LogP contribution < -0.4 is 4.80 Å². The Hall–Kier alpha value is -2.94. The standard InChI is InChI=1S/C21H17Cl2N5O2S/c22-15-6-7-16(17(23)12-15)20-13-31-21(25-18-4-1-2-5-19(18)28(29)30)27(20)10-3-9-26-11-8-24-14-26/h1-2,4-8,11-14H,3,9-10H2. The molecule has 0 aliphatic heterocycles. The van der Waals surface area contributed by atoms with Gasteiger partial charge >= 0.3 is 0 Å². The van der Waals surface area contributed by atoms with Crippen molar-refractivity contribution in [1.29, 1.82) is 0 Å². The molecule has 4 aromatic rings. The Morgan fingerprint density at radius 1 is 1.16 bits per heavy atom. The van der Waals surface area contributed by atoms with E-state index in [2.05, 4.69) is 9.98 Å². The van der Waals surface area contributed by atoms with Crippen molar-refractivity contribution in [2.75, 3.05) is 0 Å². The second kappa shape index (κ2) is 9.47. The molecule has 0 saturated carbocycles. The van der Waals surface area contributed by atoms with Gasteiger partial charge in [0, 0.05) is 47.5 Å². The number of nitro benzene ring substituents is 1. The number of benzene rings is 2. The second-order valence-corrected chi connectivity index (χ2v) is 8.37. The summed E-state index contributed by atoms with van der Waals surface area (Å²) in [6.45, 7) is 1.43. The first-order chi connectivity index (χ1) is 15.0. The predicted molar refractivity (Wildman–Crippen MR) is 123 cm³/mol. The van der Waals surface area contributed by atoms with Crippen LogP contribution in [0.4, 0.5) is 11.4 Å². The molecule has 0 saturated heterocycles. The van der Waals surface area contributed by atoms with Crippen molar-refractivity contribution in [3.05, 3.63) is 91.5 Å². The number of imidazole rings is 1. The van der Waals surface area contributed by atoms with Crippen LogP contribution >= 0.6 is 34.5 Å². The summed E-state index contributed by atoms with van der Waals surface area (Å²) >= 11 is 13.9. The highest BCUT2D eigenvalue weighted by molar-refractivity contribution is 7.07. The highest BCUT2D eigenvalue weighted by Gasteiger charge is 2.15. The third-order valence-corrected chi connectivity index (χ3v) is 6.07. The number of aryl methyl sites for hydroxylation is 1. The Balaban J connectivity index is 1.78. The van der Waals surface area contributed by atoms with Gasteiger partial charge in [0.05, 0.1) is 22.0 Å². The number of rotatable bonds is 7. The van der Waals surface area contributed by atoms with Gasteiger partial charge < -0.3 is 9.13 Å². The van der Waals surface area contributed by atoms with Gasteiger partial charge in [0.2, 0.25) is 0 Å². The number of para-hydroxylation sites is 2. The maximum Gasteiger partial charge on any atom is 0.294 e. The highest BCUT2D eigenvalue weighted by atomic mass is 35.5. The van der Waals surface area contributed by atoms with Crippen LogP contribution in [0.5, 0.6) is 0 Å². The van der Waals surface area contributed by atoms with E-state index in [4.69, 9.17) is 23.2 Å². The van der Waals surface area contributed by atoms with Crippen molar-refractivity contribution in [3.8, 4) is 11.3 Å². The summed E-state index contributed by atoms with van der Waals surface area (Å²) in [6, 6.07) is 11.8. The highest BCUT2D eigenvalue weighted by Crippen LogP contribution is 2.31. The van der Waals surface area contributed by atoms with Crippen LogP contribution in [0.1, 0.15) is 6.42 Å². The zero-order chi connectivity index (χ0) is 21.8. The number of nitro groups is 1. The molecule has 0 atom stereocenters. The quantitative estimate of drug-likeness (QED) is 0.245. The number of hydrogen-bond acceptors (Lipinski definition) is 5. The SMILES string of the molecule is O=[N+]([O-])c1ccccc1N=c1scc(-c2ccc(Cl)cc2Cl)n1CCCn1ccnc1. The number of hydrogen-bond donors (Lipinski definition) is 0. The molecule has 0 bridgehead atoms. The van der Waals surface area contributed by atoms with Crippen LogP contribution in [0.25, 0.3) is 11.3 Å². The lowest BCUT2D eigenvalue weighted by Crippen LogP contribution is -2.17. The number of nitrogens with zero attached hydrogens (tertiary/aromatic N) is 5. The van der Waals surface area contributed by atoms with E-state index >= 15 is 0 Å². The summed E-state index contributed by atoms with van der Waals surface area (Å²) in [7, 11) is 0. The Labute approximate surface area is 192 Å². The van der Waals surface area contributed by atoms with Gasteiger partial charge in [0.15, 0.2) is 4.80 Å². The van der Waals surface area contributed by atoms with Crippen molar-refractivity contribution < 1.29 is 4.92 Å². The molecule has 0 aliphatic carbocycles. The summed E-state index contributed by atoms with van der Waals surface area (Å²) < 4.78 is 4.04. The number of halogens is 2. The maximum atomic E-state index is 11.4. The van der Waals surface area contributed by atoms with Gasteiger partial charge in [-0.1, -0.05) is 35.3 Å². The molecule has 4 rings (SSSR count). The van der Waals surface area contributed by atoms with E-state index in [1.807, 2.05) is 26.8 Å². The lowest BCUT2D eigenvalue weighted by molar-refractivity contribution is -0.384. The average molecular weight is 474 g/mol. The number of thiazole rings is 1. The summed E-state index contributed by atoms with van der Waals surface area (Å²) in [5.41, 5.74) is 1.99. The summed E-state index contributed by atoms with van der Waals surface area (Å²) in [6.07, 6.45) is 6.24. The van der Waals surface area contributed by atoms with Crippen molar-refractivity contribution in [2.24, 2.45) is 4.99 Å². The van der Waals surface area contributed by atoms with Crippen molar-refractivity contribution in [2.45, 2.75) is 19.5 Å². The van der Waals surface area contributed by atoms with Gasteiger partial charge in [-0.05, 0) is 30.7 Å². The smallest absolute Gasteiger partial charge is 0.294 e. The minimum atomic E-state index is -0.424. The molecular formula is C21H17Cl2N5O2S. The fourth-order valence-electron chi connectivity index (χ4n) is 3.19. The van der Waals surface area contributed by atoms with E-state index in [-0.39, 0.29) is 5.69 Å². The van der Waals surface area contributed by atoms with E-state index in [9.17, 15) is 10.1 Å². The molecule has 0 aliphatic rings. The molecule has 0 N–H and O–H groups in total. The molecule has 31 heavy (non-hydrogen) atoms. The van der Waals surface area contributed by atoms with Crippen LogP contribution in [0.3, 0.4) is 0 Å². The molecule has 0 fully saturated rings. The molecule has 0 unspecified atom stereocenters. The lowest BCUT2D eigenvalue weighted by Gasteiger charge is -2.11. The molecule has 10 heteroatoms. The van der Waals surface area contributed by atoms with Crippen molar-refractivity contribution in [3.63, 3.8) is 0 Å². The van der Waals surface area contributed by atoms with Crippen LogP contribution in [-0.4, -0.2) is 19.0 Å². The molecular weight excluding hydrogens is 457 g/mol. The zero-order valence-corrected chi connectivity index (χ0v) is 18.5. The van der Waals surface area contributed by atoms with Crippen molar-refractivity contribution in [1.82, 2.24) is 14.1 Å². The number of aromatic nitrogens is 3. The Kier molecular flexibility index (Phi) is 6.50. The summed E-state index contributed by atoms with van der Waals surface area (Å²) in [5.74, 6) is 0. The molecule has 0 amide bonds. The van der Waals surface area contributed by atoms with Crippen LogP contribution in [0.2, 0.25) is 10.0 Å². The van der Waals surface area contributed by atoms with E-state index in [1.54, 1.807) is 42.9 Å². The van der Waals surface area contributed by atoms with Crippen LogP contribution in [0, 0.1) is 10.1 Å². The summed E-state index contributed by atoms with van der Waals surface area (Å²) in [4.78, 5) is 20.3. The van der Waals surface area contributed by atoms with Gasteiger partial charge in [-0.25, -0.2) is 9.98 Å². The predicted octanol–water partition coefficient (Wildman–Crippen LogP) is 5.95. The molecule has 2 heterocycles. The first kappa shape index (κ1) is 21.3. The minimum absolute atomic E-state index is 0.0352.